The lowest BCUT2D eigenvalue weighted by Gasteiger charge is -2.02. The zero-order chi connectivity index (χ0) is 14.1. The first-order valence-corrected chi connectivity index (χ1v) is 6.92. The second-order valence-corrected chi connectivity index (χ2v) is 5.39. The molecule has 3 rings (SSSR count). The predicted octanol–water partition coefficient (Wildman–Crippen LogP) is 3.29. The van der Waals surface area contributed by atoms with Gasteiger partial charge in [0.2, 0.25) is 11.7 Å². The van der Waals surface area contributed by atoms with Gasteiger partial charge in [0.1, 0.15) is 11.9 Å². The zero-order valence-electron chi connectivity index (χ0n) is 10.7. The number of hydrogen-bond donors (Lipinski definition) is 1. The van der Waals surface area contributed by atoms with Crippen LogP contribution in [0.1, 0.15) is 22.4 Å². The number of hydrogen-bond acceptors (Lipinski definition) is 5. The Morgan fingerprint density at radius 2 is 2.20 bits per heavy atom. The molecule has 6 heteroatoms. The maximum absolute atomic E-state index is 13.1. The molecule has 0 aliphatic carbocycles. The van der Waals surface area contributed by atoms with Crippen molar-refractivity contribution in [2.75, 3.05) is 0 Å². The Balaban J connectivity index is 1.94. The van der Waals surface area contributed by atoms with Crippen LogP contribution in [0.2, 0.25) is 0 Å². The molecule has 0 spiro atoms. The van der Waals surface area contributed by atoms with E-state index in [1.165, 1.54) is 23.5 Å². The molecule has 1 unspecified atom stereocenters. The van der Waals surface area contributed by atoms with Gasteiger partial charge < -0.3 is 10.3 Å². The topological polar surface area (TPSA) is 64.9 Å². The quantitative estimate of drug-likeness (QED) is 0.803. The van der Waals surface area contributed by atoms with E-state index in [0.29, 0.717) is 11.7 Å². The molecule has 0 aliphatic heterocycles. The van der Waals surface area contributed by atoms with Crippen molar-refractivity contribution in [1.29, 1.82) is 0 Å². The predicted molar refractivity (Wildman–Crippen MR) is 74.8 cm³/mol. The first-order valence-electron chi connectivity index (χ1n) is 6.04. The van der Waals surface area contributed by atoms with Crippen LogP contribution in [-0.2, 0) is 0 Å². The van der Waals surface area contributed by atoms with Crippen molar-refractivity contribution in [1.82, 2.24) is 10.1 Å². The van der Waals surface area contributed by atoms with Gasteiger partial charge in [-0.1, -0.05) is 11.2 Å². The molecule has 0 saturated carbocycles. The van der Waals surface area contributed by atoms with Crippen LogP contribution in [0.5, 0.6) is 0 Å². The normalized spacial score (nSPS) is 12.6. The molecule has 2 heterocycles. The van der Waals surface area contributed by atoms with Gasteiger partial charge in [0.25, 0.3) is 0 Å². The first-order chi connectivity index (χ1) is 9.65. The van der Waals surface area contributed by atoms with Gasteiger partial charge in [-0.2, -0.15) is 4.98 Å². The van der Waals surface area contributed by atoms with Gasteiger partial charge in [-0.05, 0) is 42.1 Å². The molecule has 1 aromatic carbocycles. The van der Waals surface area contributed by atoms with Crippen LogP contribution in [-0.4, -0.2) is 10.1 Å². The third-order valence-electron chi connectivity index (χ3n) is 2.99. The van der Waals surface area contributed by atoms with E-state index < -0.39 is 6.04 Å². The molecule has 2 aromatic heterocycles. The second-order valence-electron chi connectivity index (χ2n) is 4.41. The summed E-state index contributed by atoms with van der Waals surface area (Å²) in [6.45, 7) is 1.80. The number of benzene rings is 1. The maximum atomic E-state index is 13.1. The third kappa shape index (κ3) is 2.35. The van der Waals surface area contributed by atoms with Crippen molar-refractivity contribution in [3.05, 3.63) is 57.9 Å². The standard InChI is InChI=1S/C14H12FN3OS/c1-8-7-9(15)4-5-10(8)13-17-14(19-18-13)12(16)11-3-2-6-20-11/h2-7,12H,16H2,1H3. The molecule has 2 N–H and O–H groups in total. The highest BCUT2D eigenvalue weighted by molar-refractivity contribution is 7.10. The number of aryl methyl sites for hydroxylation is 1. The fourth-order valence-corrected chi connectivity index (χ4v) is 2.66. The van der Waals surface area contributed by atoms with Gasteiger partial charge in [-0.25, -0.2) is 4.39 Å². The summed E-state index contributed by atoms with van der Waals surface area (Å²) in [5, 5.41) is 5.87. The summed E-state index contributed by atoms with van der Waals surface area (Å²) >= 11 is 1.53. The molecule has 0 saturated heterocycles. The van der Waals surface area contributed by atoms with Crippen molar-refractivity contribution >= 4 is 11.3 Å². The molecule has 0 aliphatic rings. The fraction of sp³-hybridized carbons (Fsp3) is 0.143. The van der Waals surface area contributed by atoms with E-state index in [-0.39, 0.29) is 5.82 Å². The van der Waals surface area contributed by atoms with E-state index in [2.05, 4.69) is 10.1 Å². The third-order valence-corrected chi connectivity index (χ3v) is 3.94. The SMILES string of the molecule is Cc1cc(F)ccc1-c1noc(C(N)c2cccs2)n1. The summed E-state index contributed by atoms with van der Waals surface area (Å²) in [5.74, 6) is 0.487. The van der Waals surface area contributed by atoms with Gasteiger partial charge in [0, 0.05) is 10.4 Å². The molecular formula is C14H12FN3OS. The minimum atomic E-state index is -0.433. The van der Waals surface area contributed by atoms with E-state index in [4.69, 9.17) is 10.3 Å². The molecule has 1 atom stereocenters. The van der Waals surface area contributed by atoms with Crippen molar-refractivity contribution in [3.8, 4) is 11.4 Å². The summed E-state index contributed by atoms with van der Waals surface area (Å²) in [7, 11) is 0. The summed E-state index contributed by atoms with van der Waals surface area (Å²) in [5.41, 5.74) is 7.56. The van der Waals surface area contributed by atoms with Crippen LogP contribution in [0, 0.1) is 12.7 Å². The van der Waals surface area contributed by atoms with Crippen LogP contribution in [0.3, 0.4) is 0 Å². The maximum Gasteiger partial charge on any atom is 0.249 e. The molecule has 0 amide bonds. The Morgan fingerprint density at radius 1 is 1.35 bits per heavy atom. The minimum absolute atomic E-state index is 0.287. The van der Waals surface area contributed by atoms with E-state index in [1.54, 1.807) is 13.0 Å². The Kier molecular flexibility index (Phi) is 3.33. The molecule has 102 valence electrons. The number of halogens is 1. The van der Waals surface area contributed by atoms with Gasteiger partial charge in [-0.15, -0.1) is 11.3 Å². The van der Waals surface area contributed by atoms with Crippen LogP contribution < -0.4 is 5.73 Å². The van der Waals surface area contributed by atoms with Crippen molar-refractivity contribution < 1.29 is 8.91 Å². The molecule has 4 nitrogen and oxygen atoms in total. The van der Waals surface area contributed by atoms with E-state index in [0.717, 1.165) is 16.0 Å². The molecule has 20 heavy (non-hydrogen) atoms. The molecule has 0 bridgehead atoms. The van der Waals surface area contributed by atoms with E-state index in [1.807, 2.05) is 17.5 Å². The van der Waals surface area contributed by atoms with Crippen molar-refractivity contribution in [2.45, 2.75) is 13.0 Å². The van der Waals surface area contributed by atoms with Gasteiger partial charge >= 0.3 is 0 Å². The summed E-state index contributed by atoms with van der Waals surface area (Å²) < 4.78 is 18.3. The average molecular weight is 289 g/mol. The Labute approximate surface area is 119 Å². The van der Waals surface area contributed by atoms with Gasteiger partial charge in [0.05, 0.1) is 0 Å². The molecule has 0 radical (unpaired) electrons. The summed E-state index contributed by atoms with van der Waals surface area (Å²) in [4.78, 5) is 5.26. The molecular weight excluding hydrogens is 277 g/mol. The van der Waals surface area contributed by atoms with E-state index in [9.17, 15) is 4.39 Å². The largest absolute Gasteiger partial charge is 0.337 e. The van der Waals surface area contributed by atoms with Crippen LogP contribution in [0.15, 0.2) is 40.2 Å². The summed E-state index contributed by atoms with van der Waals surface area (Å²) in [6, 6.07) is 7.85. The lowest BCUT2D eigenvalue weighted by molar-refractivity contribution is 0.368. The highest BCUT2D eigenvalue weighted by atomic mass is 32.1. The lowest BCUT2D eigenvalue weighted by Crippen LogP contribution is -2.10. The smallest absolute Gasteiger partial charge is 0.249 e. The van der Waals surface area contributed by atoms with Crippen molar-refractivity contribution in [2.24, 2.45) is 5.73 Å². The zero-order valence-corrected chi connectivity index (χ0v) is 11.5. The van der Waals surface area contributed by atoms with Crippen molar-refractivity contribution in [3.63, 3.8) is 0 Å². The van der Waals surface area contributed by atoms with Gasteiger partial charge in [-0.3, -0.25) is 0 Å². The Morgan fingerprint density at radius 3 is 2.90 bits per heavy atom. The fourth-order valence-electron chi connectivity index (χ4n) is 1.94. The summed E-state index contributed by atoms with van der Waals surface area (Å²) in [6.07, 6.45) is 0. The molecule has 3 aromatic rings. The second kappa shape index (κ2) is 5.15. The Bertz CT molecular complexity index is 724. The lowest BCUT2D eigenvalue weighted by atomic mass is 10.1. The Hall–Kier alpha value is -2.05. The van der Waals surface area contributed by atoms with Crippen LogP contribution in [0.4, 0.5) is 4.39 Å². The first kappa shape index (κ1) is 13.0. The van der Waals surface area contributed by atoms with Crippen LogP contribution >= 0.6 is 11.3 Å². The minimum Gasteiger partial charge on any atom is -0.337 e. The number of nitrogens with zero attached hydrogens (tertiary/aromatic N) is 2. The number of rotatable bonds is 3. The average Bonchev–Trinajstić information content (AvgIpc) is 3.09. The highest BCUT2D eigenvalue weighted by Crippen LogP contribution is 2.26. The monoisotopic (exact) mass is 289 g/mol. The van der Waals surface area contributed by atoms with E-state index >= 15 is 0 Å². The van der Waals surface area contributed by atoms with Gasteiger partial charge in [0.15, 0.2) is 0 Å². The van der Waals surface area contributed by atoms with Crippen LogP contribution in [0.25, 0.3) is 11.4 Å². The number of aromatic nitrogens is 2. The highest BCUT2D eigenvalue weighted by Gasteiger charge is 2.19. The number of thiophene rings is 1. The number of nitrogens with two attached hydrogens (primary N) is 1. The molecule has 0 fully saturated rings.